The highest BCUT2D eigenvalue weighted by molar-refractivity contribution is 5.69. The van der Waals surface area contributed by atoms with Crippen LogP contribution in [0.2, 0.25) is 0 Å². The fourth-order valence-electron chi connectivity index (χ4n) is 1.58. The molecule has 114 valence electrons. The summed E-state index contributed by atoms with van der Waals surface area (Å²) in [5, 5.41) is 20.2. The van der Waals surface area contributed by atoms with Gasteiger partial charge in [-0.1, -0.05) is 6.92 Å². The molecule has 21 heavy (non-hydrogen) atoms. The Bertz CT molecular complexity index is 553. The number of nitriles is 1. The highest BCUT2D eigenvalue weighted by Crippen LogP contribution is 2.29. The number of rotatable bonds is 6. The minimum absolute atomic E-state index is 0.00860. The Morgan fingerprint density at radius 3 is 2.71 bits per heavy atom. The Morgan fingerprint density at radius 1 is 1.52 bits per heavy atom. The van der Waals surface area contributed by atoms with Gasteiger partial charge in [-0.15, -0.1) is 0 Å². The van der Waals surface area contributed by atoms with Crippen molar-refractivity contribution in [2.45, 2.75) is 25.9 Å². The van der Waals surface area contributed by atoms with Gasteiger partial charge in [0.15, 0.2) is 0 Å². The summed E-state index contributed by atoms with van der Waals surface area (Å²) < 4.78 is 37.6. The zero-order valence-corrected chi connectivity index (χ0v) is 11.2. The molecule has 2 N–H and O–H groups in total. The Balaban J connectivity index is 2.69. The minimum Gasteiger partial charge on any atom is -0.481 e. The Morgan fingerprint density at radius 2 is 2.19 bits per heavy atom. The van der Waals surface area contributed by atoms with Crippen molar-refractivity contribution in [2.75, 3.05) is 11.9 Å². The van der Waals surface area contributed by atoms with E-state index in [-0.39, 0.29) is 17.9 Å². The molecule has 1 heterocycles. The Hall–Kier alpha value is -2.30. The van der Waals surface area contributed by atoms with Crippen molar-refractivity contribution >= 4 is 11.8 Å². The van der Waals surface area contributed by atoms with E-state index in [0.717, 1.165) is 12.1 Å². The lowest BCUT2D eigenvalue weighted by atomic mass is 10.1. The topological polar surface area (TPSA) is 86.0 Å². The number of anilines is 1. The molecular formula is C13H14F3N3O2. The number of carboxylic acids is 1. The molecule has 0 saturated heterocycles. The zero-order chi connectivity index (χ0) is 16.0. The van der Waals surface area contributed by atoms with Gasteiger partial charge in [-0.25, -0.2) is 4.98 Å². The molecule has 0 amide bonds. The Labute approximate surface area is 119 Å². The fraction of sp³-hybridized carbons (Fsp3) is 0.462. The van der Waals surface area contributed by atoms with Crippen LogP contribution in [0.5, 0.6) is 0 Å². The van der Waals surface area contributed by atoms with E-state index in [1.807, 2.05) is 0 Å². The van der Waals surface area contributed by atoms with Crippen LogP contribution < -0.4 is 5.32 Å². The first-order chi connectivity index (χ1) is 9.75. The quantitative estimate of drug-likeness (QED) is 0.789. The standard InChI is InChI=1S/C13H14F3N3O2/c1-8(12(20)21)3-2-6-18-11-9(7-17)4-5-10(19-11)13(14,15)16/h4-5,8H,2-3,6H2,1H3,(H,18,19)(H,20,21). The molecule has 0 aliphatic carbocycles. The van der Waals surface area contributed by atoms with Crippen LogP contribution in [-0.4, -0.2) is 22.6 Å². The molecule has 0 bridgehead atoms. The van der Waals surface area contributed by atoms with Crippen LogP contribution in [0.15, 0.2) is 12.1 Å². The average Bonchev–Trinajstić information content (AvgIpc) is 2.41. The molecule has 0 aliphatic rings. The molecule has 8 heteroatoms. The van der Waals surface area contributed by atoms with E-state index in [2.05, 4.69) is 10.3 Å². The van der Waals surface area contributed by atoms with Crippen LogP contribution in [0.25, 0.3) is 0 Å². The molecule has 1 unspecified atom stereocenters. The molecule has 5 nitrogen and oxygen atoms in total. The molecule has 0 radical (unpaired) electrons. The number of pyridine rings is 1. The van der Waals surface area contributed by atoms with Crippen molar-refractivity contribution in [1.29, 1.82) is 5.26 Å². The lowest BCUT2D eigenvalue weighted by molar-refractivity contribution is -0.142. The number of carbonyl (C=O) groups is 1. The van der Waals surface area contributed by atoms with Crippen molar-refractivity contribution in [3.8, 4) is 6.07 Å². The monoisotopic (exact) mass is 301 g/mol. The number of aliphatic carboxylic acids is 1. The van der Waals surface area contributed by atoms with Crippen molar-refractivity contribution in [3.63, 3.8) is 0 Å². The zero-order valence-electron chi connectivity index (χ0n) is 11.2. The third-order valence-electron chi connectivity index (χ3n) is 2.83. The van der Waals surface area contributed by atoms with Crippen LogP contribution in [0.3, 0.4) is 0 Å². The molecule has 1 aromatic heterocycles. The van der Waals surface area contributed by atoms with Gasteiger partial charge in [-0.2, -0.15) is 18.4 Å². The predicted molar refractivity (Wildman–Crippen MR) is 68.5 cm³/mol. The number of nitrogens with zero attached hydrogens (tertiary/aromatic N) is 2. The summed E-state index contributed by atoms with van der Waals surface area (Å²) in [6.07, 6.45) is -3.76. The number of alkyl halides is 3. The lowest BCUT2D eigenvalue weighted by Crippen LogP contribution is -2.14. The van der Waals surface area contributed by atoms with Crippen molar-refractivity contribution in [3.05, 3.63) is 23.4 Å². The average molecular weight is 301 g/mol. The normalized spacial score (nSPS) is 12.5. The molecule has 0 aliphatic heterocycles. The van der Waals surface area contributed by atoms with Gasteiger partial charge < -0.3 is 10.4 Å². The van der Waals surface area contributed by atoms with E-state index >= 15 is 0 Å². The van der Waals surface area contributed by atoms with E-state index in [9.17, 15) is 18.0 Å². The van der Waals surface area contributed by atoms with Gasteiger partial charge in [-0.05, 0) is 25.0 Å². The third-order valence-corrected chi connectivity index (χ3v) is 2.83. The number of hydrogen-bond acceptors (Lipinski definition) is 4. The summed E-state index contributed by atoms with van der Waals surface area (Å²) in [6, 6.07) is 3.56. The number of nitrogens with one attached hydrogen (secondary N) is 1. The van der Waals surface area contributed by atoms with Crippen molar-refractivity contribution < 1.29 is 23.1 Å². The second-order valence-corrected chi connectivity index (χ2v) is 4.51. The highest BCUT2D eigenvalue weighted by Gasteiger charge is 2.33. The second kappa shape index (κ2) is 6.92. The minimum atomic E-state index is -4.58. The predicted octanol–water partition coefficient (Wildman–Crippen LogP) is 2.88. The van der Waals surface area contributed by atoms with Gasteiger partial charge in [0.25, 0.3) is 0 Å². The third kappa shape index (κ3) is 4.95. The van der Waals surface area contributed by atoms with Crippen molar-refractivity contribution in [2.24, 2.45) is 5.92 Å². The smallest absolute Gasteiger partial charge is 0.433 e. The van der Waals surface area contributed by atoms with E-state index in [1.165, 1.54) is 0 Å². The molecule has 0 saturated carbocycles. The number of hydrogen-bond donors (Lipinski definition) is 2. The first-order valence-corrected chi connectivity index (χ1v) is 6.20. The van der Waals surface area contributed by atoms with E-state index < -0.39 is 23.8 Å². The van der Waals surface area contributed by atoms with Crippen LogP contribution in [0.4, 0.5) is 19.0 Å². The molecular weight excluding hydrogens is 287 g/mol. The van der Waals surface area contributed by atoms with Crippen LogP contribution in [-0.2, 0) is 11.0 Å². The summed E-state index contributed by atoms with van der Waals surface area (Å²) >= 11 is 0. The molecule has 1 aromatic rings. The SMILES string of the molecule is CC(CCCNc1nc(C(F)(F)F)ccc1C#N)C(=O)O. The summed E-state index contributed by atoms with van der Waals surface area (Å²) in [7, 11) is 0. The maximum absolute atomic E-state index is 12.5. The summed E-state index contributed by atoms with van der Waals surface area (Å²) in [5.74, 6) is -1.60. The number of aromatic nitrogens is 1. The maximum atomic E-state index is 12.5. The summed E-state index contributed by atoms with van der Waals surface area (Å²) in [4.78, 5) is 14.0. The molecule has 1 atom stereocenters. The first kappa shape index (κ1) is 16.8. The van der Waals surface area contributed by atoms with Crippen molar-refractivity contribution in [1.82, 2.24) is 4.98 Å². The highest BCUT2D eigenvalue weighted by atomic mass is 19.4. The first-order valence-electron chi connectivity index (χ1n) is 6.20. The van der Waals surface area contributed by atoms with Crippen LogP contribution in [0.1, 0.15) is 31.0 Å². The molecule has 0 spiro atoms. The van der Waals surface area contributed by atoms with Crippen LogP contribution in [0, 0.1) is 17.2 Å². The van der Waals surface area contributed by atoms with E-state index in [4.69, 9.17) is 10.4 Å². The molecule has 0 fully saturated rings. The Kier molecular flexibility index (Phi) is 5.52. The van der Waals surface area contributed by atoms with E-state index in [1.54, 1.807) is 13.0 Å². The van der Waals surface area contributed by atoms with Gasteiger partial charge in [0, 0.05) is 6.54 Å². The number of carboxylic acid groups (broad SMARTS) is 1. The van der Waals surface area contributed by atoms with Gasteiger partial charge in [0.2, 0.25) is 0 Å². The van der Waals surface area contributed by atoms with Gasteiger partial charge >= 0.3 is 12.1 Å². The van der Waals surface area contributed by atoms with Gasteiger partial charge in [0.05, 0.1) is 11.5 Å². The summed E-state index contributed by atoms with van der Waals surface area (Å²) in [6.45, 7) is 1.78. The maximum Gasteiger partial charge on any atom is 0.433 e. The number of halogens is 3. The van der Waals surface area contributed by atoms with Gasteiger partial charge in [0.1, 0.15) is 17.6 Å². The lowest BCUT2D eigenvalue weighted by Gasteiger charge is -2.11. The van der Waals surface area contributed by atoms with E-state index in [0.29, 0.717) is 12.8 Å². The molecule has 1 rings (SSSR count). The largest absolute Gasteiger partial charge is 0.481 e. The second-order valence-electron chi connectivity index (χ2n) is 4.51. The van der Waals surface area contributed by atoms with Gasteiger partial charge in [-0.3, -0.25) is 4.79 Å². The molecule has 0 aromatic carbocycles. The van der Waals surface area contributed by atoms with Crippen LogP contribution >= 0.6 is 0 Å². The fourth-order valence-corrected chi connectivity index (χ4v) is 1.58. The summed E-state index contributed by atoms with van der Waals surface area (Å²) in [5.41, 5.74) is -1.07.